The van der Waals surface area contributed by atoms with Gasteiger partial charge in [0.05, 0.1) is 6.61 Å². The van der Waals surface area contributed by atoms with Gasteiger partial charge in [-0.2, -0.15) is 0 Å². The van der Waals surface area contributed by atoms with E-state index in [9.17, 15) is 8.42 Å². The molecular formula is C15H22ClNO3S. The molecule has 1 aliphatic carbocycles. The molecule has 1 aliphatic rings. The molecule has 6 heteroatoms. The number of hydrogen-bond acceptors (Lipinski definition) is 3. The molecule has 1 N–H and O–H groups in total. The highest BCUT2D eigenvalue weighted by Gasteiger charge is 2.25. The van der Waals surface area contributed by atoms with Gasteiger partial charge in [0.1, 0.15) is 10.6 Å². The Morgan fingerprint density at radius 2 is 2.00 bits per heavy atom. The van der Waals surface area contributed by atoms with Gasteiger partial charge in [-0.05, 0) is 37.5 Å². The van der Waals surface area contributed by atoms with Gasteiger partial charge in [0, 0.05) is 11.1 Å². The summed E-state index contributed by atoms with van der Waals surface area (Å²) in [6, 6.07) is 4.74. The summed E-state index contributed by atoms with van der Waals surface area (Å²) in [5.41, 5.74) is 0. The normalized spacial score (nSPS) is 16.9. The second-order valence-electron chi connectivity index (χ2n) is 5.40. The Balaban J connectivity index is 2.22. The van der Waals surface area contributed by atoms with Gasteiger partial charge in [-0.3, -0.25) is 0 Å². The SMILES string of the molecule is CCCOc1ccc(Cl)cc1S(=O)(=O)NC1CCCCC1. The second-order valence-corrected chi connectivity index (χ2v) is 7.51. The maximum atomic E-state index is 12.6. The third-order valence-electron chi connectivity index (χ3n) is 3.58. The minimum Gasteiger partial charge on any atom is -0.492 e. The van der Waals surface area contributed by atoms with Crippen molar-refractivity contribution >= 4 is 21.6 Å². The van der Waals surface area contributed by atoms with Crippen molar-refractivity contribution in [3.05, 3.63) is 23.2 Å². The summed E-state index contributed by atoms with van der Waals surface area (Å²) in [6.45, 7) is 2.46. The van der Waals surface area contributed by atoms with Crippen molar-refractivity contribution < 1.29 is 13.2 Å². The van der Waals surface area contributed by atoms with Crippen LogP contribution in [0, 0.1) is 0 Å². The molecular weight excluding hydrogens is 310 g/mol. The molecule has 118 valence electrons. The number of sulfonamides is 1. The van der Waals surface area contributed by atoms with E-state index in [4.69, 9.17) is 16.3 Å². The molecule has 0 bridgehead atoms. The summed E-state index contributed by atoms with van der Waals surface area (Å²) in [4.78, 5) is 0.133. The highest BCUT2D eigenvalue weighted by atomic mass is 35.5. The first-order valence-electron chi connectivity index (χ1n) is 7.47. The quantitative estimate of drug-likeness (QED) is 0.864. The number of rotatable bonds is 6. The Morgan fingerprint density at radius 3 is 2.67 bits per heavy atom. The van der Waals surface area contributed by atoms with E-state index >= 15 is 0 Å². The molecule has 2 rings (SSSR count). The molecule has 0 aliphatic heterocycles. The predicted octanol–water partition coefficient (Wildman–Crippen LogP) is 3.74. The lowest BCUT2D eigenvalue weighted by molar-refractivity contribution is 0.309. The van der Waals surface area contributed by atoms with Crippen LogP contribution in [0.15, 0.2) is 23.1 Å². The predicted molar refractivity (Wildman–Crippen MR) is 84.4 cm³/mol. The number of nitrogens with one attached hydrogen (secondary N) is 1. The maximum absolute atomic E-state index is 12.6. The van der Waals surface area contributed by atoms with Gasteiger partial charge in [-0.25, -0.2) is 13.1 Å². The highest BCUT2D eigenvalue weighted by Crippen LogP contribution is 2.28. The molecule has 1 aromatic rings. The largest absolute Gasteiger partial charge is 0.492 e. The van der Waals surface area contributed by atoms with Crippen molar-refractivity contribution in [1.29, 1.82) is 0 Å². The average molecular weight is 332 g/mol. The monoisotopic (exact) mass is 331 g/mol. The molecule has 0 unspecified atom stereocenters. The van der Waals surface area contributed by atoms with Gasteiger partial charge in [0.25, 0.3) is 0 Å². The summed E-state index contributed by atoms with van der Waals surface area (Å²) in [5, 5.41) is 0.392. The topological polar surface area (TPSA) is 55.4 Å². The van der Waals surface area contributed by atoms with Gasteiger partial charge in [-0.1, -0.05) is 37.8 Å². The Bertz CT molecular complexity index is 568. The van der Waals surface area contributed by atoms with Crippen molar-refractivity contribution in [2.75, 3.05) is 6.61 Å². The van der Waals surface area contributed by atoms with Gasteiger partial charge >= 0.3 is 0 Å². The zero-order chi connectivity index (χ0) is 15.3. The summed E-state index contributed by atoms with van der Waals surface area (Å²) in [6.07, 6.45) is 5.93. The molecule has 0 spiro atoms. The lowest BCUT2D eigenvalue weighted by Gasteiger charge is -2.23. The molecule has 0 atom stereocenters. The maximum Gasteiger partial charge on any atom is 0.244 e. The molecule has 0 amide bonds. The fourth-order valence-electron chi connectivity index (χ4n) is 2.53. The van der Waals surface area contributed by atoms with Crippen LogP contribution in [0.1, 0.15) is 45.4 Å². The summed E-state index contributed by atoms with van der Waals surface area (Å²) in [7, 11) is -3.60. The first kappa shape index (κ1) is 16.6. The van der Waals surface area contributed by atoms with Gasteiger partial charge in [0.2, 0.25) is 10.0 Å². The van der Waals surface area contributed by atoms with E-state index in [1.54, 1.807) is 12.1 Å². The Labute approximate surface area is 131 Å². The molecule has 0 heterocycles. The number of halogens is 1. The van der Waals surface area contributed by atoms with Crippen LogP contribution in [0.4, 0.5) is 0 Å². The number of ether oxygens (including phenoxy) is 1. The van der Waals surface area contributed by atoms with Crippen LogP contribution in [0.25, 0.3) is 0 Å². The Kier molecular flexibility index (Phi) is 5.90. The molecule has 0 saturated heterocycles. The molecule has 0 radical (unpaired) electrons. The Hall–Kier alpha value is -0.780. The summed E-state index contributed by atoms with van der Waals surface area (Å²) >= 11 is 5.95. The van der Waals surface area contributed by atoms with E-state index in [0.717, 1.165) is 32.1 Å². The van der Waals surface area contributed by atoms with E-state index in [0.29, 0.717) is 17.4 Å². The van der Waals surface area contributed by atoms with Crippen LogP contribution in [0.2, 0.25) is 5.02 Å². The van der Waals surface area contributed by atoms with Crippen molar-refractivity contribution in [2.24, 2.45) is 0 Å². The van der Waals surface area contributed by atoms with E-state index in [-0.39, 0.29) is 10.9 Å². The molecule has 21 heavy (non-hydrogen) atoms. The van der Waals surface area contributed by atoms with Crippen molar-refractivity contribution in [3.8, 4) is 5.75 Å². The number of benzene rings is 1. The zero-order valence-corrected chi connectivity index (χ0v) is 13.8. The van der Waals surface area contributed by atoms with Crippen LogP contribution >= 0.6 is 11.6 Å². The van der Waals surface area contributed by atoms with E-state index in [2.05, 4.69) is 4.72 Å². The van der Waals surface area contributed by atoms with Gasteiger partial charge in [0.15, 0.2) is 0 Å². The fraction of sp³-hybridized carbons (Fsp3) is 0.600. The first-order chi connectivity index (χ1) is 10.0. The molecule has 1 saturated carbocycles. The second kappa shape index (κ2) is 7.47. The van der Waals surface area contributed by atoms with Crippen LogP contribution < -0.4 is 9.46 Å². The van der Waals surface area contributed by atoms with Crippen LogP contribution in [0.3, 0.4) is 0 Å². The van der Waals surface area contributed by atoms with Gasteiger partial charge < -0.3 is 4.74 Å². The summed E-state index contributed by atoms with van der Waals surface area (Å²) in [5.74, 6) is 0.365. The molecule has 1 aromatic carbocycles. The van der Waals surface area contributed by atoms with E-state index < -0.39 is 10.0 Å². The fourth-order valence-corrected chi connectivity index (χ4v) is 4.24. The lowest BCUT2D eigenvalue weighted by Crippen LogP contribution is -2.36. The van der Waals surface area contributed by atoms with Crippen LogP contribution in [0.5, 0.6) is 5.75 Å². The third-order valence-corrected chi connectivity index (χ3v) is 5.36. The smallest absolute Gasteiger partial charge is 0.244 e. The highest BCUT2D eigenvalue weighted by molar-refractivity contribution is 7.89. The number of hydrogen-bond donors (Lipinski definition) is 1. The Morgan fingerprint density at radius 1 is 1.29 bits per heavy atom. The molecule has 1 fully saturated rings. The lowest BCUT2D eigenvalue weighted by atomic mass is 9.96. The minimum atomic E-state index is -3.60. The summed E-state index contributed by atoms with van der Waals surface area (Å²) < 4.78 is 33.5. The minimum absolute atomic E-state index is 0.0155. The zero-order valence-electron chi connectivity index (χ0n) is 12.3. The van der Waals surface area contributed by atoms with E-state index in [1.807, 2.05) is 6.92 Å². The van der Waals surface area contributed by atoms with Crippen molar-refractivity contribution in [2.45, 2.75) is 56.4 Å². The van der Waals surface area contributed by atoms with Crippen molar-refractivity contribution in [1.82, 2.24) is 4.72 Å². The molecule has 4 nitrogen and oxygen atoms in total. The van der Waals surface area contributed by atoms with Crippen LogP contribution in [-0.2, 0) is 10.0 Å². The average Bonchev–Trinajstić information content (AvgIpc) is 2.46. The standard InChI is InChI=1S/C15H22ClNO3S/c1-2-10-20-14-9-8-12(16)11-15(14)21(18,19)17-13-6-4-3-5-7-13/h8-9,11,13,17H,2-7,10H2,1H3. The van der Waals surface area contributed by atoms with Gasteiger partial charge in [-0.15, -0.1) is 0 Å². The molecule has 0 aromatic heterocycles. The van der Waals surface area contributed by atoms with Crippen LogP contribution in [-0.4, -0.2) is 21.1 Å². The van der Waals surface area contributed by atoms with E-state index in [1.165, 1.54) is 12.5 Å². The van der Waals surface area contributed by atoms with Crippen molar-refractivity contribution in [3.63, 3.8) is 0 Å². The first-order valence-corrected chi connectivity index (χ1v) is 9.33. The third kappa shape index (κ3) is 4.59.